The number of nitrogens with zero attached hydrogens (tertiary/aromatic N) is 2. The fourth-order valence-corrected chi connectivity index (χ4v) is 3.13. The third-order valence-corrected chi connectivity index (χ3v) is 4.66. The minimum absolute atomic E-state index is 0.145. The molecule has 0 bridgehead atoms. The Morgan fingerprint density at radius 2 is 1.87 bits per heavy atom. The van der Waals surface area contributed by atoms with Crippen LogP contribution in [0.3, 0.4) is 0 Å². The summed E-state index contributed by atoms with van der Waals surface area (Å²) in [7, 11) is 0. The Labute approximate surface area is 178 Å². The molecule has 0 radical (unpaired) electrons. The van der Waals surface area contributed by atoms with Crippen LogP contribution in [-0.4, -0.2) is 56.4 Å². The molecule has 1 aliphatic heterocycles. The monoisotopic (exact) mass is 412 g/mol. The number of nitrogens with two attached hydrogens (primary N) is 1. The predicted molar refractivity (Wildman–Crippen MR) is 120 cm³/mol. The van der Waals surface area contributed by atoms with E-state index in [0.29, 0.717) is 19.1 Å². The van der Waals surface area contributed by atoms with Crippen LogP contribution in [0.15, 0.2) is 53.5 Å². The van der Waals surface area contributed by atoms with Crippen LogP contribution in [0, 0.1) is 0 Å². The fourth-order valence-electron chi connectivity index (χ4n) is 3.13. The van der Waals surface area contributed by atoms with Gasteiger partial charge >= 0.3 is 0 Å². The first-order valence-corrected chi connectivity index (χ1v) is 10.4. The van der Waals surface area contributed by atoms with Crippen molar-refractivity contribution in [1.82, 2.24) is 4.90 Å². The lowest BCUT2D eigenvalue weighted by Gasteiger charge is -2.26. The van der Waals surface area contributed by atoms with Crippen molar-refractivity contribution in [3.8, 4) is 11.5 Å². The van der Waals surface area contributed by atoms with E-state index >= 15 is 0 Å². The lowest BCUT2D eigenvalue weighted by Crippen LogP contribution is -2.38. The molecule has 1 heterocycles. The molecule has 7 heteroatoms. The Kier molecular flexibility index (Phi) is 8.35. The number of para-hydroxylation sites is 1. The van der Waals surface area contributed by atoms with Crippen molar-refractivity contribution in [3.05, 3.63) is 54.1 Å². The molecule has 0 amide bonds. The second kappa shape index (κ2) is 11.4. The minimum Gasteiger partial charge on any atom is -0.492 e. The smallest absolute Gasteiger partial charge is 0.193 e. The number of ether oxygens (including phenoxy) is 3. The van der Waals surface area contributed by atoms with Crippen LogP contribution in [0.1, 0.15) is 19.4 Å². The van der Waals surface area contributed by atoms with Crippen molar-refractivity contribution >= 4 is 11.6 Å². The maximum absolute atomic E-state index is 6.07. The Balaban J connectivity index is 1.50. The standard InChI is InChI=1S/C23H32N4O3/c1-18(2)30-21-9-7-20(8-10-21)26-23(24)25-17-19-5-3-4-6-22(19)29-16-13-27-11-14-28-15-12-27/h3-10,18H,11-17H2,1-2H3,(H3,24,25,26). The lowest BCUT2D eigenvalue weighted by molar-refractivity contribution is 0.0322. The summed E-state index contributed by atoms with van der Waals surface area (Å²) >= 11 is 0. The van der Waals surface area contributed by atoms with Gasteiger partial charge in [0.2, 0.25) is 0 Å². The normalized spacial score (nSPS) is 15.2. The molecular formula is C23H32N4O3. The van der Waals surface area contributed by atoms with Gasteiger partial charge in [0.05, 0.1) is 25.9 Å². The zero-order valence-corrected chi connectivity index (χ0v) is 17.8. The van der Waals surface area contributed by atoms with E-state index in [1.807, 2.05) is 62.4 Å². The molecule has 7 nitrogen and oxygen atoms in total. The molecule has 2 aromatic rings. The largest absolute Gasteiger partial charge is 0.492 e. The quantitative estimate of drug-likeness (QED) is 0.487. The van der Waals surface area contributed by atoms with Gasteiger partial charge in [-0.05, 0) is 44.2 Å². The molecule has 30 heavy (non-hydrogen) atoms. The third-order valence-electron chi connectivity index (χ3n) is 4.66. The van der Waals surface area contributed by atoms with Gasteiger partial charge in [-0.3, -0.25) is 4.90 Å². The highest BCUT2D eigenvalue weighted by Crippen LogP contribution is 2.20. The van der Waals surface area contributed by atoms with Crippen molar-refractivity contribution in [2.75, 3.05) is 44.8 Å². The maximum Gasteiger partial charge on any atom is 0.193 e. The van der Waals surface area contributed by atoms with E-state index in [4.69, 9.17) is 19.9 Å². The molecule has 3 rings (SSSR count). The molecule has 0 aliphatic carbocycles. The van der Waals surface area contributed by atoms with Crippen molar-refractivity contribution in [2.24, 2.45) is 10.7 Å². The number of rotatable bonds is 9. The van der Waals surface area contributed by atoms with Crippen molar-refractivity contribution < 1.29 is 14.2 Å². The Hall–Kier alpha value is -2.77. The first-order valence-electron chi connectivity index (χ1n) is 10.4. The highest BCUT2D eigenvalue weighted by Gasteiger charge is 2.10. The summed E-state index contributed by atoms with van der Waals surface area (Å²) < 4.78 is 17.0. The first-order chi connectivity index (χ1) is 14.6. The van der Waals surface area contributed by atoms with Crippen LogP contribution >= 0.6 is 0 Å². The van der Waals surface area contributed by atoms with E-state index in [-0.39, 0.29) is 6.10 Å². The summed E-state index contributed by atoms with van der Waals surface area (Å²) in [5.41, 5.74) is 7.94. The molecule has 0 saturated carbocycles. The molecule has 1 aliphatic rings. The zero-order valence-electron chi connectivity index (χ0n) is 17.8. The number of hydrogen-bond donors (Lipinski definition) is 2. The number of anilines is 1. The van der Waals surface area contributed by atoms with E-state index in [9.17, 15) is 0 Å². The summed E-state index contributed by atoms with van der Waals surface area (Å²) in [6, 6.07) is 15.6. The number of guanidine groups is 1. The maximum atomic E-state index is 6.07. The third kappa shape index (κ3) is 7.24. The SMILES string of the molecule is CC(C)Oc1ccc(NC(N)=NCc2ccccc2OCCN2CCOCC2)cc1. The zero-order chi connectivity index (χ0) is 21.2. The van der Waals surface area contributed by atoms with Gasteiger partial charge in [0, 0.05) is 30.9 Å². The van der Waals surface area contributed by atoms with E-state index in [2.05, 4.69) is 15.2 Å². The van der Waals surface area contributed by atoms with Gasteiger partial charge in [-0.15, -0.1) is 0 Å². The van der Waals surface area contributed by atoms with E-state index in [1.54, 1.807) is 0 Å². The molecule has 1 fully saturated rings. The van der Waals surface area contributed by atoms with Gasteiger partial charge in [-0.1, -0.05) is 18.2 Å². The number of morpholine rings is 1. The number of aliphatic imine (C=N–C) groups is 1. The van der Waals surface area contributed by atoms with Crippen LogP contribution in [0.2, 0.25) is 0 Å². The van der Waals surface area contributed by atoms with Gasteiger partial charge in [0.1, 0.15) is 18.1 Å². The van der Waals surface area contributed by atoms with Crippen LogP contribution in [0.25, 0.3) is 0 Å². The average Bonchev–Trinajstić information content (AvgIpc) is 2.75. The molecule has 0 unspecified atom stereocenters. The number of nitrogens with one attached hydrogen (secondary N) is 1. The van der Waals surface area contributed by atoms with Crippen LogP contribution in [-0.2, 0) is 11.3 Å². The summed E-state index contributed by atoms with van der Waals surface area (Å²) in [5, 5.41) is 3.11. The molecular weight excluding hydrogens is 380 g/mol. The predicted octanol–water partition coefficient (Wildman–Crippen LogP) is 3.11. The van der Waals surface area contributed by atoms with Crippen molar-refractivity contribution in [2.45, 2.75) is 26.5 Å². The number of hydrogen-bond acceptors (Lipinski definition) is 5. The Morgan fingerprint density at radius 1 is 1.13 bits per heavy atom. The minimum atomic E-state index is 0.145. The molecule has 0 aromatic heterocycles. The molecule has 0 spiro atoms. The molecule has 2 aromatic carbocycles. The number of benzene rings is 2. The fraction of sp³-hybridized carbons (Fsp3) is 0.435. The summed E-state index contributed by atoms with van der Waals surface area (Å²) in [5.74, 6) is 2.03. The molecule has 1 saturated heterocycles. The summed E-state index contributed by atoms with van der Waals surface area (Å²) in [6.45, 7) is 9.49. The van der Waals surface area contributed by atoms with E-state index < -0.39 is 0 Å². The summed E-state index contributed by atoms with van der Waals surface area (Å²) in [6.07, 6.45) is 0.145. The van der Waals surface area contributed by atoms with Crippen LogP contribution in [0.4, 0.5) is 5.69 Å². The Morgan fingerprint density at radius 3 is 2.60 bits per heavy atom. The Bertz CT molecular complexity index is 802. The second-order valence-electron chi connectivity index (χ2n) is 7.43. The van der Waals surface area contributed by atoms with Gasteiger partial charge in [0.25, 0.3) is 0 Å². The highest BCUT2D eigenvalue weighted by atomic mass is 16.5. The molecule has 0 atom stereocenters. The molecule has 162 valence electrons. The van der Waals surface area contributed by atoms with Crippen LogP contribution in [0.5, 0.6) is 11.5 Å². The van der Waals surface area contributed by atoms with Crippen LogP contribution < -0.4 is 20.5 Å². The highest BCUT2D eigenvalue weighted by molar-refractivity contribution is 5.92. The van der Waals surface area contributed by atoms with Gasteiger partial charge in [-0.25, -0.2) is 4.99 Å². The topological polar surface area (TPSA) is 81.3 Å². The first kappa shape index (κ1) is 21.9. The van der Waals surface area contributed by atoms with E-state index in [1.165, 1.54) is 0 Å². The summed E-state index contributed by atoms with van der Waals surface area (Å²) in [4.78, 5) is 6.82. The average molecular weight is 413 g/mol. The van der Waals surface area contributed by atoms with Crippen molar-refractivity contribution in [1.29, 1.82) is 0 Å². The molecule has 3 N–H and O–H groups in total. The van der Waals surface area contributed by atoms with Crippen molar-refractivity contribution in [3.63, 3.8) is 0 Å². The van der Waals surface area contributed by atoms with Gasteiger partial charge in [0.15, 0.2) is 5.96 Å². The van der Waals surface area contributed by atoms with E-state index in [0.717, 1.165) is 55.6 Å². The lowest BCUT2D eigenvalue weighted by atomic mass is 10.2. The second-order valence-corrected chi connectivity index (χ2v) is 7.43. The van der Waals surface area contributed by atoms with Gasteiger partial charge < -0.3 is 25.3 Å². The van der Waals surface area contributed by atoms with Gasteiger partial charge in [-0.2, -0.15) is 0 Å².